The first-order chi connectivity index (χ1) is 19.6. The fraction of sp³-hybridized carbons (Fsp3) is 1.00. The minimum absolute atomic E-state index is 0.389. The van der Waals surface area contributed by atoms with Gasteiger partial charge in [-0.3, -0.25) is 0 Å². The Balaban J connectivity index is 0.000000375. The Labute approximate surface area is 280 Å². The van der Waals surface area contributed by atoms with E-state index in [9.17, 15) is 0 Å². The molecule has 0 spiro atoms. The second kappa shape index (κ2) is 14.7. The minimum atomic E-state index is -3.43. The molecule has 0 aromatic carbocycles. The van der Waals surface area contributed by atoms with E-state index < -0.39 is 96.8 Å². The van der Waals surface area contributed by atoms with Crippen LogP contribution in [0.3, 0.4) is 0 Å². The van der Waals surface area contributed by atoms with Crippen molar-refractivity contribution in [2.75, 3.05) is 14.2 Å². The third kappa shape index (κ3) is 12.7. The van der Waals surface area contributed by atoms with E-state index in [4.69, 9.17) is 62.3 Å². The highest BCUT2D eigenvalue weighted by Crippen LogP contribution is 2.43. The Hall–Kier alpha value is 2.00. The van der Waals surface area contributed by atoms with Crippen LogP contribution in [-0.2, 0) is 62.3 Å². The normalized spacial score (nSPS) is 44.2. The van der Waals surface area contributed by atoms with Crippen molar-refractivity contribution in [3.05, 3.63) is 0 Å². The Morgan fingerprint density at radius 2 is 0.886 bits per heavy atom. The summed E-state index contributed by atoms with van der Waals surface area (Å²) in [7, 11) is -25.7. The van der Waals surface area contributed by atoms with Crippen LogP contribution in [-0.4, -0.2) is 122 Å². The van der Waals surface area contributed by atoms with Crippen LogP contribution in [0.1, 0.15) is 0 Å². The van der Waals surface area contributed by atoms with Gasteiger partial charge in [0.15, 0.2) is 17.4 Å². The smallest absolute Gasteiger partial charge is 0.436 e. The van der Waals surface area contributed by atoms with E-state index in [1.807, 2.05) is 6.55 Å². The van der Waals surface area contributed by atoms with Gasteiger partial charge in [-0.15, -0.1) is 0 Å². The summed E-state index contributed by atoms with van der Waals surface area (Å²) in [6.45, 7) is 29.2. The summed E-state index contributed by atoms with van der Waals surface area (Å²) >= 11 is 0. The molecule has 0 aromatic heterocycles. The summed E-state index contributed by atoms with van der Waals surface area (Å²) in [4.78, 5) is 0. The van der Waals surface area contributed by atoms with Crippen LogP contribution in [0, 0.1) is 0 Å². The summed E-state index contributed by atoms with van der Waals surface area (Å²) in [5.41, 5.74) is 0. The van der Waals surface area contributed by atoms with Crippen LogP contribution in [0.4, 0.5) is 0 Å². The zero-order valence-electron chi connectivity index (χ0n) is 29.8. The lowest BCUT2D eigenvalue weighted by molar-refractivity contribution is 0.0154. The fourth-order valence-corrected chi connectivity index (χ4v) is 53.7. The van der Waals surface area contributed by atoms with Crippen molar-refractivity contribution in [2.45, 2.75) is 98.2 Å². The van der Waals surface area contributed by atoms with E-state index >= 15 is 0 Å². The lowest BCUT2D eigenvalue weighted by Crippen LogP contribution is -2.81. The highest BCUT2D eigenvalue weighted by Gasteiger charge is 2.73. The second-order valence-corrected chi connectivity index (χ2v) is 48.0. The third-order valence-corrected chi connectivity index (χ3v) is 48.1. The number of hydrogen-bond donors (Lipinski definition) is 0. The topological polar surface area (TPSA) is 138 Å². The quantitative estimate of drug-likeness (QED) is 0.374. The van der Waals surface area contributed by atoms with Gasteiger partial charge in [0.25, 0.3) is 0 Å². The van der Waals surface area contributed by atoms with Gasteiger partial charge in [0, 0.05) is 60.0 Å². The first-order valence-corrected chi connectivity index (χ1v) is 42.1. The molecule has 0 amide bonds. The summed E-state index contributed by atoms with van der Waals surface area (Å²) < 4.78 is 92.2. The number of fused-ring (bicyclic) bond motifs is 4. The first-order valence-electron chi connectivity index (χ1n) is 14.6. The molecule has 4 atom stereocenters. The summed E-state index contributed by atoms with van der Waals surface area (Å²) in [6, 6.07) is 0. The van der Waals surface area contributed by atoms with Crippen molar-refractivity contribution in [3.63, 3.8) is 0 Å². The molecule has 4 unspecified atom stereocenters. The van der Waals surface area contributed by atoms with Gasteiger partial charge in [0.1, 0.15) is 10.5 Å². The molecule has 0 aromatic rings. The zero-order valence-corrected chi connectivity index (χ0v) is 43.1. The number of hydrogen-bond acceptors (Lipinski definition) is 15. The molecule has 0 radical (unpaired) electrons. The molecule has 0 N–H and O–H groups in total. The molecule has 4 fully saturated rings. The minimum Gasteiger partial charge on any atom is -0.436 e. The molecule has 27 heteroatoms. The van der Waals surface area contributed by atoms with Crippen molar-refractivity contribution >= 4 is 107 Å². The Kier molecular flexibility index (Phi) is 14.1. The summed E-state index contributed by atoms with van der Waals surface area (Å²) in [5.74, 6) is 0. The van der Waals surface area contributed by atoms with E-state index in [0.717, 1.165) is 0 Å². The van der Waals surface area contributed by atoms with Crippen molar-refractivity contribution in [1.29, 1.82) is 0 Å². The predicted octanol–water partition coefficient (Wildman–Crippen LogP) is 2.15. The summed E-state index contributed by atoms with van der Waals surface area (Å²) in [6.07, 6.45) is 0. The van der Waals surface area contributed by atoms with Gasteiger partial charge in [0.05, 0.1) is 0 Å². The van der Waals surface area contributed by atoms with E-state index in [0.29, 0.717) is 10.5 Å². The van der Waals surface area contributed by atoms with E-state index in [1.165, 1.54) is 0 Å². The maximum Gasteiger partial charge on any atom is 0.475 e. The highest BCUT2D eigenvalue weighted by molar-refractivity contribution is 6.99. The maximum atomic E-state index is 6.45. The molecule has 4 heterocycles. The molecule has 6 bridgehead atoms. The van der Waals surface area contributed by atoms with Gasteiger partial charge in [-0.25, -0.2) is 0 Å². The maximum absolute atomic E-state index is 6.45. The monoisotopic (exact) mass is 836 g/mol. The lowest BCUT2D eigenvalue weighted by Gasteiger charge is -2.56. The van der Waals surface area contributed by atoms with Gasteiger partial charge in [0.2, 0.25) is 0 Å². The molecular formula is C17H56O15Si12. The molecule has 0 saturated carbocycles. The average Bonchev–Trinajstić information content (AvgIpc) is 2.72. The molecule has 4 saturated heterocycles. The number of rotatable bonds is 5. The fourth-order valence-electron chi connectivity index (χ4n) is 4.93. The lowest BCUT2D eigenvalue weighted by atomic mass is 11.8. The van der Waals surface area contributed by atoms with Gasteiger partial charge in [-0.2, -0.15) is 0 Å². The van der Waals surface area contributed by atoms with Crippen molar-refractivity contribution < 1.29 is 62.3 Å². The van der Waals surface area contributed by atoms with Crippen molar-refractivity contribution in [2.24, 2.45) is 0 Å². The van der Waals surface area contributed by atoms with Crippen LogP contribution >= 0.6 is 0 Å². The van der Waals surface area contributed by atoms with Gasteiger partial charge in [-0.05, 0) is 52.4 Å². The van der Waals surface area contributed by atoms with Crippen LogP contribution in [0.2, 0.25) is 98.2 Å². The largest absolute Gasteiger partial charge is 0.475 e. The standard InChI is InChI=1S/C8H28O12Si9.C6H18O2Si2.C3H10OSi/c1-22-10-24(3)14-26(5)12-23(2,9-21)13-27(6)15-25(4,11-22)17-28(7,16-24)20-29(8,18-26)19-27;1-7-10(5,6)8-9(2,3)4;1-4-5(2)3/h22H,1-8,21H3;1-6H3;5H,1-3H3. The van der Waals surface area contributed by atoms with Gasteiger partial charge < -0.3 is 62.3 Å². The molecule has 44 heavy (non-hydrogen) atoms. The SMILES string of the molecule is CO[SiH](C)C.CO[Si](C)(C)O[Si](C)(C)C.C[SiH]1O[Si]2(C)O[Si]3(C)O[Si](C)(O[SiH3])O[Si]4(C)O[Si](C)(O1)O[Si](C)(O2)O[Si](C)(O3)O4. The van der Waals surface area contributed by atoms with Crippen molar-refractivity contribution in [3.8, 4) is 0 Å². The molecule has 15 nitrogen and oxygen atoms in total. The third-order valence-electron chi connectivity index (χ3n) is 5.98. The molecule has 0 aliphatic carbocycles. The van der Waals surface area contributed by atoms with Crippen LogP contribution < -0.4 is 0 Å². The predicted molar refractivity (Wildman–Crippen MR) is 192 cm³/mol. The van der Waals surface area contributed by atoms with Gasteiger partial charge >= 0.3 is 79.5 Å². The average molecular weight is 838 g/mol. The highest BCUT2D eigenvalue weighted by atomic mass is 28.6. The van der Waals surface area contributed by atoms with E-state index in [1.54, 1.807) is 60.0 Å². The van der Waals surface area contributed by atoms with Crippen LogP contribution in [0.25, 0.3) is 0 Å². The Bertz CT molecular complexity index is 932. The van der Waals surface area contributed by atoms with Crippen LogP contribution in [0.5, 0.6) is 0 Å². The van der Waals surface area contributed by atoms with Crippen LogP contribution in [0.15, 0.2) is 0 Å². The van der Waals surface area contributed by atoms with Crippen molar-refractivity contribution in [1.82, 2.24) is 0 Å². The molecular weight excluding hydrogens is 781 g/mol. The Morgan fingerprint density at radius 1 is 0.591 bits per heavy atom. The molecule has 4 aliphatic heterocycles. The molecule has 4 aliphatic rings. The molecule has 4 rings (SSSR count). The van der Waals surface area contributed by atoms with Gasteiger partial charge in [-0.1, -0.05) is 0 Å². The Morgan fingerprint density at radius 3 is 1.11 bits per heavy atom. The zero-order chi connectivity index (χ0) is 34.3. The second-order valence-electron chi connectivity index (χ2n) is 13.1. The van der Waals surface area contributed by atoms with E-state index in [2.05, 4.69) is 45.8 Å². The first kappa shape index (κ1) is 42.2. The molecule has 262 valence electrons. The summed E-state index contributed by atoms with van der Waals surface area (Å²) in [5, 5.41) is 0. The van der Waals surface area contributed by atoms with E-state index in [-0.39, 0.29) is 0 Å².